The van der Waals surface area contributed by atoms with Crippen molar-refractivity contribution in [2.45, 2.75) is 32.9 Å². The van der Waals surface area contributed by atoms with Crippen LogP contribution in [0.5, 0.6) is 11.5 Å². The maximum Gasteiger partial charge on any atom is 0.338 e. The van der Waals surface area contributed by atoms with E-state index in [1.54, 1.807) is 37.3 Å². The van der Waals surface area contributed by atoms with Crippen LogP contribution in [0.15, 0.2) is 63.5 Å². The first-order chi connectivity index (χ1) is 19.2. The zero-order chi connectivity index (χ0) is 29.0. The van der Waals surface area contributed by atoms with Crippen LogP contribution in [0.2, 0.25) is 0 Å². The molecule has 0 unspecified atom stereocenters. The molecule has 1 aliphatic heterocycles. The number of nitro benzene ring substituents is 1. The molecule has 0 radical (unpaired) electrons. The Labute approximate surface area is 233 Å². The number of aromatic nitrogens is 1. The van der Waals surface area contributed by atoms with Gasteiger partial charge in [0.05, 0.1) is 40.5 Å². The van der Waals surface area contributed by atoms with E-state index in [4.69, 9.17) is 18.9 Å². The highest BCUT2D eigenvalue weighted by molar-refractivity contribution is 7.07. The molecule has 0 bridgehead atoms. The topological polar surface area (TPSA) is 131 Å². The molecule has 1 atom stereocenters. The molecule has 0 aliphatic carbocycles. The second-order valence-electron chi connectivity index (χ2n) is 9.10. The van der Waals surface area contributed by atoms with Crippen molar-refractivity contribution in [3.05, 3.63) is 94.7 Å². The molecule has 0 N–H and O–H groups in total. The van der Waals surface area contributed by atoms with Gasteiger partial charge in [-0.25, -0.2) is 9.79 Å². The predicted molar refractivity (Wildman–Crippen MR) is 148 cm³/mol. The van der Waals surface area contributed by atoms with Gasteiger partial charge < -0.3 is 18.9 Å². The molecule has 0 saturated carbocycles. The molecule has 2 heterocycles. The number of carbonyl (C=O) groups is 1. The third-order valence-corrected chi connectivity index (χ3v) is 7.02. The van der Waals surface area contributed by atoms with Crippen LogP contribution in [0, 0.1) is 10.1 Å². The van der Waals surface area contributed by atoms with E-state index in [0.717, 1.165) is 11.3 Å². The standard InChI is InChI=1S/C28H29N3O8S/c1-16(2)39-21-9-7-6-8-19(21)25-24(27(33)38-13-12-36-4)17(3)29-28-30(25)26(32)23(40-28)15-18-10-11-22(37-5)20(14-18)31(34)35/h6-11,14-16,25H,12-13H2,1-5H3/b23-15+/t25-/m1/s1. The van der Waals surface area contributed by atoms with Gasteiger partial charge in [0.2, 0.25) is 0 Å². The van der Waals surface area contributed by atoms with Crippen molar-refractivity contribution in [1.29, 1.82) is 0 Å². The average Bonchev–Trinajstić information content (AvgIpc) is 3.22. The Kier molecular flexibility index (Phi) is 8.80. The van der Waals surface area contributed by atoms with E-state index in [-0.39, 0.29) is 40.9 Å². The number of ether oxygens (including phenoxy) is 4. The Morgan fingerprint density at radius 3 is 2.60 bits per heavy atom. The van der Waals surface area contributed by atoms with E-state index in [1.165, 1.54) is 30.9 Å². The first-order valence-corrected chi connectivity index (χ1v) is 13.2. The summed E-state index contributed by atoms with van der Waals surface area (Å²) in [5, 5.41) is 11.5. The molecule has 0 amide bonds. The Balaban J connectivity index is 1.93. The summed E-state index contributed by atoms with van der Waals surface area (Å²) in [5.74, 6) is 0.0000747. The molecular weight excluding hydrogens is 538 g/mol. The summed E-state index contributed by atoms with van der Waals surface area (Å²) < 4.78 is 23.3. The van der Waals surface area contributed by atoms with Crippen molar-refractivity contribution in [3.63, 3.8) is 0 Å². The molecular formula is C28H29N3O8S. The highest BCUT2D eigenvalue weighted by Gasteiger charge is 2.35. The van der Waals surface area contributed by atoms with Crippen LogP contribution in [0.25, 0.3) is 6.08 Å². The van der Waals surface area contributed by atoms with Crippen molar-refractivity contribution >= 4 is 29.1 Å². The van der Waals surface area contributed by atoms with Gasteiger partial charge in [-0.15, -0.1) is 0 Å². The van der Waals surface area contributed by atoms with E-state index in [2.05, 4.69) is 4.99 Å². The molecule has 0 spiro atoms. The number of fused-ring (bicyclic) bond motifs is 1. The van der Waals surface area contributed by atoms with Crippen LogP contribution in [-0.4, -0.2) is 49.0 Å². The largest absolute Gasteiger partial charge is 0.491 e. The monoisotopic (exact) mass is 567 g/mol. The van der Waals surface area contributed by atoms with Crippen LogP contribution in [0.3, 0.4) is 0 Å². The van der Waals surface area contributed by atoms with Crippen molar-refractivity contribution in [2.24, 2.45) is 4.99 Å². The number of benzene rings is 2. The number of para-hydroxylation sites is 1. The summed E-state index contributed by atoms with van der Waals surface area (Å²) in [5.41, 5.74) is 0.999. The van der Waals surface area contributed by atoms with E-state index >= 15 is 0 Å². The Hall–Kier alpha value is -4.29. The fourth-order valence-corrected chi connectivity index (χ4v) is 5.38. The fourth-order valence-electron chi connectivity index (χ4n) is 4.33. The summed E-state index contributed by atoms with van der Waals surface area (Å²) in [7, 11) is 2.85. The Morgan fingerprint density at radius 1 is 1.18 bits per heavy atom. The molecule has 40 heavy (non-hydrogen) atoms. The first kappa shape index (κ1) is 28.7. The van der Waals surface area contributed by atoms with Gasteiger partial charge in [0.25, 0.3) is 5.56 Å². The van der Waals surface area contributed by atoms with Gasteiger partial charge in [-0.1, -0.05) is 35.6 Å². The van der Waals surface area contributed by atoms with Crippen LogP contribution >= 0.6 is 11.3 Å². The lowest BCUT2D eigenvalue weighted by Gasteiger charge is -2.27. The minimum Gasteiger partial charge on any atom is -0.491 e. The highest BCUT2D eigenvalue weighted by Crippen LogP contribution is 2.36. The zero-order valence-corrected chi connectivity index (χ0v) is 23.5. The number of nitro groups is 1. The fraction of sp³-hybridized carbons (Fsp3) is 0.321. The highest BCUT2D eigenvalue weighted by atomic mass is 32.1. The minimum absolute atomic E-state index is 0.0314. The molecule has 3 aromatic rings. The first-order valence-electron chi connectivity index (χ1n) is 12.4. The van der Waals surface area contributed by atoms with Gasteiger partial charge in [-0.2, -0.15) is 0 Å². The van der Waals surface area contributed by atoms with E-state index in [1.807, 2.05) is 19.9 Å². The number of nitrogens with zero attached hydrogens (tertiary/aromatic N) is 3. The number of carbonyl (C=O) groups excluding carboxylic acids is 1. The van der Waals surface area contributed by atoms with Crippen LogP contribution in [0.1, 0.15) is 37.9 Å². The van der Waals surface area contributed by atoms with Crippen LogP contribution in [-0.2, 0) is 14.3 Å². The second-order valence-corrected chi connectivity index (χ2v) is 10.1. The van der Waals surface area contributed by atoms with E-state index in [9.17, 15) is 19.7 Å². The average molecular weight is 568 g/mol. The van der Waals surface area contributed by atoms with Crippen LogP contribution in [0.4, 0.5) is 5.69 Å². The molecule has 11 nitrogen and oxygen atoms in total. The second kappa shape index (κ2) is 12.3. The summed E-state index contributed by atoms with van der Waals surface area (Å²) in [6.45, 7) is 5.71. The number of allylic oxidation sites excluding steroid dienone is 1. The molecule has 0 fully saturated rings. The smallest absolute Gasteiger partial charge is 0.338 e. The van der Waals surface area contributed by atoms with E-state index < -0.39 is 22.5 Å². The lowest BCUT2D eigenvalue weighted by molar-refractivity contribution is -0.385. The predicted octanol–water partition coefficient (Wildman–Crippen LogP) is 3.13. The number of thiazole rings is 1. The lowest BCUT2D eigenvalue weighted by Crippen LogP contribution is -2.40. The number of hydrogen-bond donors (Lipinski definition) is 0. The quantitative estimate of drug-likeness (QED) is 0.158. The third-order valence-electron chi connectivity index (χ3n) is 6.04. The number of methoxy groups -OCH3 is 2. The van der Waals surface area contributed by atoms with Crippen molar-refractivity contribution in [2.75, 3.05) is 27.4 Å². The molecule has 2 aromatic carbocycles. The molecule has 0 saturated heterocycles. The molecule has 4 rings (SSSR count). The number of rotatable bonds is 10. The van der Waals surface area contributed by atoms with Gasteiger partial charge >= 0.3 is 11.7 Å². The SMILES string of the molecule is COCCOC(=O)C1=C(C)N=c2s/c(=C/c3ccc(OC)c([N+](=O)[O-])c3)c(=O)n2[C@@H]1c1ccccc1OC(C)C. The summed E-state index contributed by atoms with van der Waals surface area (Å²) >= 11 is 1.12. The Bertz CT molecular complexity index is 1650. The lowest BCUT2D eigenvalue weighted by atomic mass is 9.95. The van der Waals surface area contributed by atoms with Crippen molar-refractivity contribution in [3.8, 4) is 11.5 Å². The van der Waals surface area contributed by atoms with E-state index in [0.29, 0.717) is 27.4 Å². The van der Waals surface area contributed by atoms with Gasteiger partial charge in [0.1, 0.15) is 18.4 Å². The maximum atomic E-state index is 13.9. The van der Waals surface area contributed by atoms with Crippen LogP contribution < -0.4 is 24.4 Å². The third kappa shape index (κ3) is 5.82. The number of hydrogen-bond acceptors (Lipinski definition) is 10. The molecule has 1 aliphatic rings. The van der Waals surface area contributed by atoms with Gasteiger partial charge in [-0.3, -0.25) is 19.5 Å². The zero-order valence-electron chi connectivity index (χ0n) is 22.7. The van der Waals surface area contributed by atoms with Crippen molar-refractivity contribution in [1.82, 2.24) is 4.57 Å². The van der Waals surface area contributed by atoms with Crippen molar-refractivity contribution < 1.29 is 28.7 Å². The van der Waals surface area contributed by atoms with Gasteiger partial charge in [0.15, 0.2) is 10.6 Å². The van der Waals surface area contributed by atoms with Gasteiger partial charge in [0, 0.05) is 18.7 Å². The van der Waals surface area contributed by atoms with Gasteiger partial charge in [-0.05, 0) is 44.5 Å². The molecule has 12 heteroatoms. The summed E-state index contributed by atoms with van der Waals surface area (Å²) in [6, 6.07) is 10.8. The Morgan fingerprint density at radius 2 is 1.93 bits per heavy atom. The summed E-state index contributed by atoms with van der Waals surface area (Å²) in [4.78, 5) is 43.2. The number of esters is 1. The molecule has 210 valence electrons. The normalized spacial score (nSPS) is 15.1. The maximum absolute atomic E-state index is 13.9. The minimum atomic E-state index is -0.881. The molecule has 1 aromatic heterocycles. The summed E-state index contributed by atoms with van der Waals surface area (Å²) in [6.07, 6.45) is 1.39.